The Morgan fingerprint density at radius 3 is 2.88 bits per heavy atom. The van der Waals surface area contributed by atoms with Gasteiger partial charge in [0.2, 0.25) is 0 Å². The molecule has 0 aromatic heterocycles. The van der Waals surface area contributed by atoms with Crippen LogP contribution in [0.4, 0.5) is 4.39 Å². The summed E-state index contributed by atoms with van der Waals surface area (Å²) >= 11 is 5.65. The van der Waals surface area contributed by atoms with Crippen LogP contribution in [0.3, 0.4) is 0 Å². The van der Waals surface area contributed by atoms with E-state index in [-0.39, 0.29) is 17.5 Å². The highest BCUT2D eigenvalue weighted by molar-refractivity contribution is 6.30. The lowest BCUT2D eigenvalue weighted by Crippen LogP contribution is -2.38. The second-order valence-electron chi connectivity index (χ2n) is 4.25. The van der Waals surface area contributed by atoms with E-state index in [0.717, 1.165) is 12.8 Å². The van der Waals surface area contributed by atoms with E-state index in [4.69, 9.17) is 16.7 Å². The van der Waals surface area contributed by atoms with Gasteiger partial charge in [0.05, 0.1) is 5.02 Å². The molecule has 0 heterocycles. The normalized spacial score (nSPS) is 16.8. The summed E-state index contributed by atoms with van der Waals surface area (Å²) < 4.78 is 13.6. The van der Waals surface area contributed by atoms with E-state index < -0.39 is 17.8 Å². The highest BCUT2D eigenvalue weighted by Crippen LogP contribution is 2.33. The molecular weight excluding hydrogens is 245 g/mol. The third kappa shape index (κ3) is 2.96. The van der Waals surface area contributed by atoms with Crippen LogP contribution in [0.15, 0.2) is 18.2 Å². The van der Waals surface area contributed by atoms with Gasteiger partial charge < -0.3 is 5.11 Å². The van der Waals surface area contributed by atoms with Crippen LogP contribution in [0.2, 0.25) is 5.02 Å². The first-order chi connectivity index (χ1) is 8.09. The first-order valence-corrected chi connectivity index (χ1v) is 5.86. The quantitative estimate of drug-likeness (QED) is 0.852. The fraction of sp³-hybridized carbons (Fsp3) is 0.417. The van der Waals surface area contributed by atoms with Crippen molar-refractivity contribution < 1.29 is 14.3 Å². The Morgan fingerprint density at radius 2 is 2.29 bits per heavy atom. The summed E-state index contributed by atoms with van der Waals surface area (Å²) in [5, 5.41) is 11.9. The average molecular weight is 258 g/mol. The largest absolute Gasteiger partial charge is 0.480 e. The van der Waals surface area contributed by atoms with Crippen molar-refractivity contribution in [2.24, 2.45) is 5.92 Å². The molecule has 1 unspecified atom stereocenters. The first-order valence-electron chi connectivity index (χ1n) is 5.48. The summed E-state index contributed by atoms with van der Waals surface area (Å²) in [6.45, 7) is 0.180. The molecule has 2 N–H and O–H groups in total. The van der Waals surface area contributed by atoms with Crippen molar-refractivity contribution in [2.45, 2.75) is 25.4 Å². The highest BCUT2D eigenvalue weighted by Gasteiger charge is 2.35. The van der Waals surface area contributed by atoms with Gasteiger partial charge in [-0.3, -0.25) is 10.1 Å². The Labute approximate surface area is 104 Å². The van der Waals surface area contributed by atoms with Crippen molar-refractivity contribution in [3.63, 3.8) is 0 Å². The second-order valence-corrected chi connectivity index (χ2v) is 4.65. The average Bonchev–Trinajstić information content (AvgIpc) is 3.08. The minimum absolute atomic E-state index is 0.0580. The van der Waals surface area contributed by atoms with Crippen LogP contribution in [0.5, 0.6) is 0 Å². The molecule has 1 saturated carbocycles. The maximum atomic E-state index is 13.6. The summed E-state index contributed by atoms with van der Waals surface area (Å²) in [7, 11) is 0. The Balaban J connectivity index is 2.01. The highest BCUT2D eigenvalue weighted by atomic mass is 35.5. The van der Waals surface area contributed by atoms with Crippen LogP contribution >= 0.6 is 11.6 Å². The van der Waals surface area contributed by atoms with Crippen LogP contribution in [-0.2, 0) is 11.3 Å². The van der Waals surface area contributed by atoms with Gasteiger partial charge in [0.15, 0.2) is 0 Å². The number of halogens is 2. The van der Waals surface area contributed by atoms with Crippen molar-refractivity contribution in [3.05, 3.63) is 34.6 Å². The number of hydrogen-bond acceptors (Lipinski definition) is 2. The van der Waals surface area contributed by atoms with Crippen LogP contribution < -0.4 is 5.32 Å². The van der Waals surface area contributed by atoms with Crippen molar-refractivity contribution in [2.75, 3.05) is 0 Å². The van der Waals surface area contributed by atoms with Gasteiger partial charge in [-0.15, -0.1) is 0 Å². The molecule has 0 spiro atoms. The molecule has 0 amide bonds. The van der Waals surface area contributed by atoms with E-state index in [0.29, 0.717) is 5.56 Å². The van der Waals surface area contributed by atoms with Gasteiger partial charge >= 0.3 is 5.97 Å². The van der Waals surface area contributed by atoms with Crippen molar-refractivity contribution in [1.29, 1.82) is 0 Å². The predicted molar refractivity (Wildman–Crippen MR) is 62.4 cm³/mol. The van der Waals surface area contributed by atoms with E-state index in [2.05, 4.69) is 5.32 Å². The van der Waals surface area contributed by atoms with Gasteiger partial charge in [-0.1, -0.05) is 23.7 Å². The van der Waals surface area contributed by atoms with Gasteiger partial charge in [-0.2, -0.15) is 0 Å². The minimum atomic E-state index is -0.880. The molecule has 0 saturated heterocycles. The second kappa shape index (κ2) is 5.02. The summed E-state index contributed by atoms with van der Waals surface area (Å²) in [5.74, 6) is -1.19. The van der Waals surface area contributed by atoms with Gasteiger partial charge in [-0.05, 0) is 24.8 Å². The van der Waals surface area contributed by atoms with E-state index in [1.54, 1.807) is 12.1 Å². The van der Waals surface area contributed by atoms with Gasteiger partial charge in [0.25, 0.3) is 0 Å². The number of rotatable bonds is 5. The minimum Gasteiger partial charge on any atom is -0.480 e. The van der Waals surface area contributed by atoms with Crippen molar-refractivity contribution in [1.82, 2.24) is 5.32 Å². The van der Waals surface area contributed by atoms with E-state index in [9.17, 15) is 9.18 Å². The molecule has 0 bridgehead atoms. The molecule has 0 aliphatic heterocycles. The van der Waals surface area contributed by atoms with Crippen molar-refractivity contribution >= 4 is 17.6 Å². The number of carbonyl (C=O) groups is 1. The van der Waals surface area contributed by atoms with Gasteiger partial charge in [0, 0.05) is 12.1 Å². The van der Waals surface area contributed by atoms with Gasteiger partial charge in [-0.25, -0.2) is 4.39 Å². The lowest BCUT2D eigenvalue weighted by molar-refractivity contribution is -0.140. The summed E-state index contributed by atoms with van der Waals surface area (Å²) in [4.78, 5) is 11.0. The monoisotopic (exact) mass is 257 g/mol. The molecule has 1 fully saturated rings. The van der Waals surface area contributed by atoms with Crippen LogP contribution in [0.25, 0.3) is 0 Å². The molecule has 5 heteroatoms. The Bertz CT molecular complexity index is 435. The molecule has 17 heavy (non-hydrogen) atoms. The molecule has 1 aliphatic rings. The molecule has 1 atom stereocenters. The zero-order valence-electron chi connectivity index (χ0n) is 9.12. The zero-order chi connectivity index (χ0) is 12.4. The smallest absolute Gasteiger partial charge is 0.320 e. The first kappa shape index (κ1) is 12.3. The van der Waals surface area contributed by atoms with Crippen LogP contribution in [0, 0.1) is 11.7 Å². The van der Waals surface area contributed by atoms with E-state index in [1.807, 2.05) is 0 Å². The summed E-state index contributed by atoms with van der Waals surface area (Å²) in [5.41, 5.74) is 0.393. The Kier molecular flexibility index (Phi) is 3.64. The maximum Gasteiger partial charge on any atom is 0.320 e. The fourth-order valence-electron chi connectivity index (χ4n) is 1.79. The molecule has 1 aromatic rings. The fourth-order valence-corrected chi connectivity index (χ4v) is 1.98. The van der Waals surface area contributed by atoms with E-state index >= 15 is 0 Å². The Hall–Kier alpha value is -1.13. The summed E-state index contributed by atoms with van der Waals surface area (Å²) in [6, 6.07) is 4.12. The zero-order valence-corrected chi connectivity index (χ0v) is 9.88. The third-order valence-corrected chi connectivity index (χ3v) is 3.20. The molecule has 0 radical (unpaired) electrons. The topological polar surface area (TPSA) is 49.3 Å². The molecule has 2 rings (SSSR count). The lowest BCUT2D eigenvalue weighted by atomic mass is 10.1. The predicted octanol–water partition coefficient (Wildman–Crippen LogP) is 2.43. The molecule has 1 aromatic carbocycles. The SMILES string of the molecule is O=C(O)C(NCc1cccc(Cl)c1F)C1CC1. The van der Waals surface area contributed by atoms with Crippen LogP contribution in [0.1, 0.15) is 18.4 Å². The van der Waals surface area contributed by atoms with Crippen molar-refractivity contribution in [3.8, 4) is 0 Å². The number of hydrogen-bond donors (Lipinski definition) is 2. The molecule has 3 nitrogen and oxygen atoms in total. The Morgan fingerprint density at radius 1 is 1.59 bits per heavy atom. The molecule has 92 valence electrons. The van der Waals surface area contributed by atoms with Gasteiger partial charge in [0.1, 0.15) is 11.9 Å². The third-order valence-electron chi connectivity index (χ3n) is 2.90. The number of nitrogens with one attached hydrogen (secondary N) is 1. The molecular formula is C12H13ClFNO2. The standard InChI is InChI=1S/C12H13ClFNO2/c13-9-3-1-2-8(10(9)14)6-15-11(12(16)17)7-4-5-7/h1-3,7,11,15H,4-6H2,(H,16,17). The number of benzene rings is 1. The number of carboxylic acid groups (broad SMARTS) is 1. The summed E-state index contributed by atoms with van der Waals surface area (Å²) in [6.07, 6.45) is 1.84. The maximum absolute atomic E-state index is 13.6. The molecule has 1 aliphatic carbocycles. The lowest BCUT2D eigenvalue weighted by Gasteiger charge is -2.14. The van der Waals surface area contributed by atoms with Crippen LogP contribution in [-0.4, -0.2) is 17.1 Å². The van der Waals surface area contributed by atoms with E-state index in [1.165, 1.54) is 6.07 Å². The number of aliphatic carboxylic acids is 1. The number of carboxylic acids is 1.